The van der Waals surface area contributed by atoms with E-state index in [1.165, 1.54) is 11.3 Å². The summed E-state index contributed by atoms with van der Waals surface area (Å²) >= 11 is 1.28. The molecule has 1 saturated heterocycles. The summed E-state index contributed by atoms with van der Waals surface area (Å²) in [6, 6.07) is 10.9. The first-order valence-corrected chi connectivity index (χ1v) is 13.1. The first-order chi connectivity index (χ1) is 17.9. The molecule has 5 rings (SSSR count). The number of thiazole rings is 1. The average Bonchev–Trinajstić information content (AvgIpc) is 3.48. The molecule has 1 unspecified atom stereocenters. The number of hydrogen-bond acceptors (Lipinski definition) is 9. The van der Waals surface area contributed by atoms with Crippen LogP contribution in [0.15, 0.2) is 61.9 Å². The van der Waals surface area contributed by atoms with Crippen molar-refractivity contribution < 1.29 is 18.7 Å². The van der Waals surface area contributed by atoms with Crippen molar-refractivity contribution >= 4 is 35.0 Å². The van der Waals surface area contributed by atoms with Crippen molar-refractivity contribution in [3.05, 3.63) is 78.7 Å². The van der Waals surface area contributed by atoms with Gasteiger partial charge in [0.05, 0.1) is 41.7 Å². The molecule has 2 aliphatic rings. The highest BCUT2D eigenvalue weighted by Crippen LogP contribution is 2.31. The standard InChI is InChI=1S/C27H30N4O5S/c1-5-35-26(33)23-17(2)28-27-31(24(23)18-6-8-19(9-7-18)29(3)4)25(32)21(37-27)16-20-10-11-22(36-20)30-12-14-34-15-13-30/h6-11,16,24H,5,12-15H2,1-4H3/b21-16-. The average molecular weight is 523 g/mol. The van der Waals surface area contributed by atoms with Gasteiger partial charge in [-0.1, -0.05) is 23.5 Å². The Labute approximate surface area is 218 Å². The molecule has 2 aliphatic heterocycles. The van der Waals surface area contributed by atoms with Crippen LogP contribution in [0, 0.1) is 0 Å². The Bertz CT molecular complexity index is 1510. The van der Waals surface area contributed by atoms with E-state index in [2.05, 4.69) is 9.89 Å². The number of anilines is 2. The first-order valence-electron chi connectivity index (χ1n) is 12.3. The van der Waals surface area contributed by atoms with Crippen LogP contribution < -0.4 is 24.7 Å². The zero-order chi connectivity index (χ0) is 26.1. The zero-order valence-corrected chi connectivity index (χ0v) is 22.2. The van der Waals surface area contributed by atoms with Gasteiger partial charge in [0.15, 0.2) is 10.7 Å². The smallest absolute Gasteiger partial charge is 0.338 e. The number of esters is 1. The number of hydrogen-bond donors (Lipinski definition) is 0. The minimum absolute atomic E-state index is 0.232. The lowest BCUT2D eigenvalue weighted by Gasteiger charge is -2.26. The van der Waals surface area contributed by atoms with E-state index >= 15 is 0 Å². The largest absolute Gasteiger partial charge is 0.463 e. The van der Waals surface area contributed by atoms with E-state index in [0.29, 0.717) is 39.6 Å². The summed E-state index contributed by atoms with van der Waals surface area (Å²) in [5.41, 5.74) is 2.50. The number of allylic oxidation sites excluding steroid dienone is 1. The van der Waals surface area contributed by atoms with E-state index in [1.807, 2.05) is 55.4 Å². The maximum atomic E-state index is 13.7. The van der Waals surface area contributed by atoms with Gasteiger partial charge in [0.2, 0.25) is 0 Å². The van der Waals surface area contributed by atoms with Crippen LogP contribution in [-0.4, -0.2) is 57.5 Å². The quantitative estimate of drug-likeness (QED) is 0.459. The summed E-state index contributed by atoms with van der Waals surface area (Å²) < 4.78 is 18.9. The van der Waals surface area contributed by atoms with Crippen LogP contribution in [0.3, 0.4) is 0 Å². The molecule has 0 spiro atoms. The van der Waals surface area contributed by atoms with Crippen LogP contribution in [0.2, 0.25) is 0 Å². The summed E-state index contributed by atoms with van der Waals surface area (Å²) in [6.45, 7) is 6.62. The van der Waals surface area contributed by atoms with E-state index in [4.69, 9.17) is 13.9 Å². The van der Waals surface area contributed by atoms with E-state index in [0.717, 1.165) is 30.2 Å². The van der Waals surface area contributed by atoms with Gasteiger partial charge in [-0.3, -0.25) is 9.36 Å². The van der Waals surface area contributed by atoms with Gasteiger partial charge in [-0.15, -0.1) is 0 Å². The predicted molar refractivity (Wildman–Crippen MR) is 143 cm³/mol. The molecule has 2 aromatic heterocycles. The lowest BCUT2D eigenvalue weighted by Crippen LogP contribution is -2.39. The highest BCUT2D eigenvalue weighted by molar-refractivity contribution is 7.07. The molecular formula is C27H30N4O5S. The van der Waals surface area contributed by atoms with Crippen molar-refractivity contribution in [2.45, 2.75) is 19.9 Å². The third-order valence-electron chi connectivity index (χ3n) is 6.45. The zero-order valence-electron chi connectivity index (χ0n) is 21.4. The van der Waals surface area contributed by atoms with Gasteiger partial charge < -0.3 is 23.7 Å². The highest BCUT2D eigenvalue weighted by Gasteiger charge is 2.33. The normalized spacial score (nSPS) is 18.0. The third kappa shape index (κ3) is 4.86. The maximum absolute atomic E-state index is 13.7. The fourth-order valence-corrected chi connectivity index (χ4v) is 5.59. The van der Waals surface area contributed by atoms with Gasteiger partial charge in [-0.2, -0.15) is 0 Å². The molecule has 0 aliphatic carbocycles. The Morgan fingerprint density at radius 3 is 2.59 bits per heavy atom. The Morgan fingerprint density at radius 1 is 1.19 bits per heavy atom. The molecule has 1 atom stereocenters. The Morgan fingerprint density at radius 2 is 1.92 bits per heavy atom. The summed E-state index contributed by atoms with van der Waals surface area (Å²) in [4.78, 5) is 36.1. The van der Waals surface area contributed by atoms with E-state index < -0.39 is 12.0 Å². The second-order valence-electron chi connectivity index (χ2n) is 9.06. The van der Waals surface area contributed by atoms with Crippen LogP contribution in [0.25, 0.3) is 6.08 Å². The number of rotatable bonds is 6. The molecule has 0 saturated carbocycles. The lowest BCUT2D eigenvalue weighted by molar-refractivity contribution is -0.139. The van der Waals surface area contributed by atoms with E-state index in [9.17, 15) is 9.59 Å². The monoisotopic (exact) mass is 522 g/mol. The van der Waals surface area contributed by atoms with Crippen molar-refractivity contribution in [3.8, 4) is 0 Å². The number of ether oxygens (including phenoxy) is 2. The summed E-state index contributed by atoms with van der Waals surface area (Å²) in [5, 5.41) is 0. The van der Waals surface area contributed by atoms with Crippen molar-refractivity contribution in [2.24, 2.45) is 4.99 Å². The highest BCUT2D eigenvalue weighted by atomic mass is 32.1. The fourth-order valence-electron chi connectivity index (χ4n) is 4.56. The topological polar surface area (TPSA) is 89.5 Å². The van der Waals surface area contributed by atoms with Gasteiger partial charge in [-0.25, -0.2) is 9.79 Å². The number of benzene rings is 1. The number of carbonyl (C=O) groups is 1. The maximum Gasteiger partial charge on any atom is 0.338 e. The Balaban J connectivity index is 1.60. The molecular weight excluding hydrogens is 492 g/mol. The number of morpholine rings is 1. The molecule has 3 aromatic rings. The molecule has 4 heterocycles. The van der Waals surface area contributed by atoms with E-state index in [-0.39, 0.29) is 12.2 Å². The molecule has 9 nitrogen and oxygen atoms in total. The summed E-state index contributed by atoms with van der Waals surface area (Å²) in [7, 11) is 3.93. The molecule has 0 amide bonds. The van der Waals surface area contributed by atoms with Crippen LogP contribution >= 0.6 is 11.3 Å². The molecule has 1 fully saturated rings. The van der Waals surface area contributed by atoms with Crippen LogP contribution in [0.1, 0.15) is 31.2 Å². The molecule has 0 N–H and O–H groups in total. The van der Waals surface area contributed by atoms with Crippen LogP contribution in [-0.2, 0) is 14.3 Å². The minimum atomic E-state index is -0.644. The van der Waals surface area contributed by atoms with Crippen molar-refractivity contribution in [1.29, 1.82) is 0 Å². The van der Waals surface area contributed by atoms with Gasteiger partial charge in [0.1, 0.15) is 5.76 Å². The predicted octanol–water partition coefficient (Wildman–Crippen LogP) is 2.29. The molecule has 37 heavy (non-hydrogen) atoms. The first kappa shape index (κ1) is 25.0. The van der Waals surface area contributed by atoms with Crippen LogP contribution in [0.4, 0.5) is 11.6 Å². The van der Waals surface area contributed by atoms with E-state index in [1.54, 1.807) is 24.5 Å². The second kappa shape index (κ2) is 10.4. The number of nitrogens with zero attached hydrogens (tertiary/aromatic N) is 4. The second-order valence-corrected chi connectivity index (χ2v) is 10.1. The van der Waals surface area contributed by atoms with Crippen molar-refractivity contribution in [1.82, 2.24) is 4.57 Å². The lowest BCUT2D eigenvalue weighted by atomic mass is 9.95. The number of fused-ring (bicyclic) bond motifs is 1. The van der Waals surface area contributed by atoms with Gasteiger partial charge in [-0.05, 0) is 37.6 Å². The molecule has 194 valence electrons. The van der Waals surface area contributed by atoms with Gasteiger partial charge in [0, 0.05) is 45.0 Å². The molecule has 10 heteroatoms. The third-order valence-corrected chi connectivity index (χ3v) is 7.43. The molecule has 1 aromatic carbocycles. The molecule has 0 bridgehead atoms. The number of furan rings is 1. The minimum Gasteiger partial charge on any atom is -0.463 e. The SMILES string of the molecule is CCOC(=O)C1=C(C)N=c2s/c(=C\c3ccc(N4CCOCC4)o3)c(=O)n2C1c1ccc(N(C)C)cc1. The van der Waals surface area contributed by atoms with Gasteiger partial charge >= 0.3 is 5.97 Å². The Kier molecular flexibility index (Phi) is 7.03. The van der Waals surface area contributed by atoms with Crippen molar-refractivity contribution in [3.63, 3.8) is 0 Å². The number of aromatic nitrogens is 1. The van der Waals surface area contributed by atoms with Crippen molar-refractivity contribution in [2.75, 3.05) is 56.8 Å². The van der Waals surface area contributed by atoms with Gasteiger partial charge in [0.25, 0.3) is 5.56 Å². The summed E-state index contributed by atoms with van der Waals surface area (Å²) in [6.07, 6.45) is 1.74. The molecule has 0 radical (unpaired) electrons. The summed E-state index contributed by atoms with van der Waals surface area (Å²) in [5.74, 6) is 0.863. The number of carbonyl (C=O) groups excluding carboxylic acids is 1. The Hall–Kier alpha value is -3.63. The fraction of sp³-hybridized carbons (Fsp3) is 0.370. The van der Waals surface area contributed by atoms with Crippen LogP contribution in [0.5, 0.6) is 0 Å².